The first-order valence-electron chi connectivity index (χ1n) is 4.08. The Kier molecular flexibility index (Phi) is 5.45. The van der Waals surface area contributed by atoms with E-state index in [0.717, 1.165) is 0 Å². The van der Waals surface area contributed by atoms with E-state index in [1.54, 1.807) is 13.0 Å². The van der Waals surface area contributed by atoms with Gasteiger partial charge in [0, 0.05) is 0 Å². The topological polar surface area (TPSA) is 74.6 Å². The van der Waals surface area contributed by atoms with Gasteiger partial charge in [0.05, 0.1) is 11.5 Å². The van der Waals surface area contributed by atoms with Gasteiger partial charge in [-0.1, -0.05) is 18.2 Å². The number of carboxylic acid groups (broad SMARTS) is 2. The van der Waals surface area contributed by atoms with Crippen LogP contribution in [0.2, 0.25) is 0 Å². The second kappa shape index (κ2) is 5.82. The van der Waals surface area contributed by atoms with E-state index in [-0.39, 0.29) is 32.1 Å². The quantitative estimate of drug-likeness (QED) is 0.693. The molecule has 0 aliphatic heterocycles. The second-order valence-electron chi connectivity index (χ2n) is 2.87. The van der Waals surface area contributed by atoms with Gasteiger partial charge in [-0.15, -0.1) is 0 Å². The molecule has 15 heavy (non-hydrogen) atoms. The monoisotopic (exact) mass is 405 g/mol. The van der Waals surface area contributed by atoms with Gasteiger partial charge in [0.2, 0.25) is 0 Å². The van der Waals surface area contributed by atoms with Crippen molar-refractivity contribution in [3.8, 4) is 0 Å². The molecule has 1 unspecified atom stereocenters. The molecular formula is C10H12O4Po. The van der Waals surface area contributed by atoms with E-state index in [1.807, 2.05) is 0 Å². The summed E-state index contributed by atoms with van der Waals surface area (Å²) in [6.07, 6.45) is 5.67. The molecule has 1 aliphatic carbocycles. The molecule has 1 rings (SSSR count). The molecule has 0 spiro atoms. The number of hydrogen-bond acceptors (Lipinski definition) is 2. The zero-order chi connectivity index (χ0) is 10.7. The van der Waals surface area contributed by atoms with Gasteiger partial charge in [-0.25, -0.2) is 4.79 Å². The Hall–Kier alpha value is -0.944. The van der Waals surface area contributed by atoms with Crippen LogP contribution in [-0.2, 0) is 9.59 Å². The number of allylic oxidation sites excluding steroid dienone is 2. The molecule has 82 valence electrons. The van der Waals surface area contributed by atoms with E-state index in [4.69, 9.17) is 10.2 Å². The van der Waals surface area contributed by atoms with Crippen LogP contribution in [0.25, 0.3) is 0 Å². The molecule has 0 heterocycles. The van der Waals surface area contributed by atoms with E-state index in [9.17, 15) is 9.59 Å². The van der Waals surface area contributed by atoms with E-state index >= 15 is 0 Å². The first-order chi connectivity index (χ1) is 6.56. The van der Waals surface area contributed by atoms with Gasteiger partial charge in [-0.2, -0.15) is 0 Å². The third-order valence-electron chi connectivity index (χ3n) is 2.00. The minimum atomic E-state index is -1.05. The van der Waals surface area contributed by atoms with Crippen molar-refractivity contribution in [1.29, 1.82) is 0 Å². The van der Waals surface area contributed by atoms with Crippen molar-refractivity contribution < 1.29 is 19.8 Å². The van der Waals surface area contributed by atoms with E-state index in [2.05, 4.69) is 0 Å². The summed E-state index contributed by atoms with van der Waals surface area (Å²) in [5, 5.41) is 17.5. The molecule has 1 atom stereocenters. The van der Waals surface area contributed by atoms with Crippen molar-refractivity contribution in [2.45, 2.75) is 6.92 Å². The van der Waals surface area contributed by atoms with Crippen LogP contribution in [0.1, 0.15) is 6.92 Å². The molecule has 0 aromatic carbocycles. The van der Waals surface area contributed by atoms with Crippen molar-refractivity contribution >= 4 is 38.5 Å². The Morgan fingerprint density at radius 1 is 1.40 bits per heavy atom. The minimum absolute atomic E-state index is 0. The molecule has 0 saturated carbocycles. The Labute approximate surface area is 106 Å². The summed E-state index contributed by atoms with van der Waals surface area (Å²) in [6, 6.07) is 0. The zero-order valence-electron chi connectivity index (χ0n) is 8.10. The van der Waals surface area contributed by atoms with Crippen LogP contribution in [0.4, 0.5) is 0 Å². The third-order valence-corrected chi connectivity index (χ3v) is 2.00. The van der Waals surface area contributed by atoms with Crippen molar-refractivity contribution in [2.75, 3.05) is 0 Å². The SMILES string of the molecule is CC=C1C=C(C(=O)O)C=CC1C(=O)O.[PoH2]. The number of rotatable bonds is 2. The van der Waals surface area contributed by atoms with E-state index in [1.165, 1.54) is 18.2 Å². The molecule has 0 bridgehead atoms. The van der Waals surface area contributed by atoms with Gasteiger partial charge >= 0.3 is 38.5 Å². The summed E-state index contributed by atoms with van der Waals surface area (Å²) in [5.41, 5.74) is 0.605. The Bertz CT molecular complexity index is 366. The summed E-state index contributed by atoms with van der Waals surface area (Å²) in [6.45, 7) is 1.68. The molecule has 4 nitrogen and oxygen atoms in total. The summed E-state index contributed by atoms with van der Waals surface area (Å²) < 4.78 is 0. The van der Waals surface area contributed by atoms with E-state index < -0.39 is 17.9 Å². The van der Waals surface area contributed by atoms with Crippen molar-refractivity contribution in [1.82, 2.24) is 0 Å². The molecule has 0 saturated heterocycles. The fourth-order valence-electron chi connectivity index (χ4n) is 1.25. The number of carbonyl (C=O) groups is 2. The van der Waals surface area contributed by atoms with Gasteiger partial charge in [-0.3, -0.25) is 4.79 Å². The maximum absolute atomic E-state index is 10.7. The average Bonchev–Trinajstić information content (AvgIpc) is 2.16. The normalized spacial score (nSPS) is 21.8. The molecule has 0 aromatic heterocycles. The Balaban J connectivity index is 0.00000196. The van der Waals surface area contributed by atoms with Gasteiger partial charge < -0.3 is 10.2 Å². The number of aliphatic carboxylic acids is 2. The Morgan fingerprint density at radius 2 is 2.00 bits per heavy atom. The molecule has 0 fully saturated rings. The summed E-state index contributed by atoms with van der Waals surface area (Å²) >= 11 is 0. The molecule has 2 N–H and O–H groups in total. The van der Waals surface area contributed by atoms with Crippen LogP contribution < -0.4 is 0 Å². The molecule has 5 heteroatoms. The molecular weight excluding hydrogens is 393 g/mol. The van der Waals surface area contributed by atoms with Gasteiger partial charge in [0.1, 0.15) is 0 Å². The van der Waals surface area contributed by atoms with Crippen LogP contribution in [-0.4, -0.2) is 48.7 Å². The first kappa shape index (κ1) is 14.1. The third kappa shape index (κ3) is 3.28. The van der Waals surface area contributed by atoms with Crippen LogP contribution in [0.5, 0.6) is 0 Å². The van der Waals surface area contributed by atoms with Crippen molar-refractivity contribution in [3.63, 3.8) is 0 Å². The standard InChI is InChI=1S/C10H10O4.Po.2H/c1-2-6-5-7(9(11)12)3-4-8(6)10(13)14;;;/h2-5,8H,1H3,(H,11,12)(H,13,14);;;. The van der Waals surface area contributed by atoms with Gasteiger partial charge in [-0.05, 0) is 18.6 Å². The van der Waals surface area contributed by atoms with Crippen LogP contribution in [0, 0.1) is 5.92 Å². The predicted octanol–water partition coefficient (Wildman–Crippen LogP) is 0.298. The summed E-state index contributed by atoms with van der Waals surface area (Å²) in [4.78, 5) is 21.3. The molecule has 0 radical (unpaired) electrons. The van der Waals surface area contributed by atoms with Crippen molar-refractivity contribution in [2.24, 2.45) is 5.92 Å². The average molecular weight is 405 g/mol. The van der Waals surface area contributed by atoms with Crippen LogP contribution in [0.3, 0.4) is 0 Å². The van der Waals surface area contributed by atoms with Gasteiger partial charge in [0.25, 0.3) is 0 Å². The number of carboxylic acids is 2. The predicted molar refractivity (Wildman–Crippen MR) is 58.3 cm³/mol. The molecule has 1 aliphatic rings. The fraction of sp³-hybridized carbons (Fsp3) is 0.200. The van der Waals surface area contributed by atoms with Crippen LogP contribution >= 0.6 is 0 Å². The van der Waals surface area contributed by atoms with Crippen molar-refractivity contribution in [3.05, 3.63) is 35.5 Å². The molecule has 0 aromatic rings. The summed E-state index contributed by atoms with van der Waals surface area (Å²) in [7, 11) is 0. The van der Waals surface area contributed by atoms with E-state index in [0.29, 0.717) is 5.57 Å². The molecule has 0 amide bonds. The number of hydrogen-bond donors (Lipinski definition) is 2. The maximum atomic E-state index is 10.7. The zero-order valence-corrected chi connectivity index (χ0v) is 12.0. The van der Waals surface area contributed by atoms with Gasteiger partial charge in [0.15, 0.2) is 0 Å². The summed E-state index contributed by atoms with van der Waals surface area (Å²) in [5.74, 6) is -2.76. The Morgan fingerprint density at radius 3 is 2.40 bits per heavy atom. The second-order valence-corrected chi connectivity index (χ2v) is 2.87. The first-order valence-corrected chi connectivity index (χ1v) is 4.08. The van der Waals surface area contributed by atoms with Crippen LogP contribution in [0.15, 0.2) is 35.5 Å². The fourth-order valence-corrected chi connectivity index (χ4v) is 1.25.